The average molecular weight is 286 g/mol. The molecule has 98 valence electrons. The third kappa shape index (κ3) is 3.11. The Hall–Kier alpha value is -0.880. The maximum absolute atomic E-state index is 10.0. The minimum atomic E-state index is -0.530. The molecule has 2 aromatic rings. The highest BCUT2D eigenvalue weighted by atomic mass is 35.5. The first-order valence-electron chi connectivity index (χ1n) is 5.74. The van der Waals surface area contributed by atoms with Crippen molar-refractivity contribution in [1.82, 2.24) is 15.5 Å². The number of H-pyrrole nitrogens is 1. The molecule has 0 aromatic carbocycles. The molecule has 2 atom stereocenters. The molecular weight excluding hydrogens is 270 g/mol. The van der Waals surface area contributed by atoms with Gasteiger partial charge in [0.15, 0.2) is 0 Å². The van der Waals surface area contributed by atoms with Crippen molar-refractivity contribution in [1.29, 1.82) is 0 Å². The van der Waals surface area contributed by atoms with E-state index in [1.807, 2.05) is 19.9 Å². The van der Waals surface area contributed by atoms with Gasteiger partial charge in [0, 0.05) is 28.7 Å². The Bertz CT molecular complexity index is 511. The minimum absolute atomic E-state index is 0.147. The average Bonchev–Trinajstić information content (AvgIpc) is 2.94. The highest BCUT2D eigenvalue weighted by Gasteiger charge is 2.14. The molecule has 0 bridgehead atoms. The Balaban J connectivity index is 1.90. The molecule has 0 fully saturated rings. The van der Waals surface area contributed by atoms with E-state index in [0.717, 1.165) is 16.1 Å². The van der Waals surface area contributed by atoms with Gasteiger partial charge >= 0.3 is 0 Å². The zero-order valence-electron chi connectivity index (χ0n) is 10.3. The van der Waals surface area contributed by atoms with E-state index in [0.29, 0.717) is 10.9 Å². The Morgan fingerprint density at radius 2 is 2.33 bits per heavy atom. The number of rotatable bonds is 5. The normalized spacial score (nSPS) is 14.7. The molecule has 4 nitrogen and oxygen atoms in total. The van der Waals surface area contributed by atoms with Crippen LogP contribution in [0.4, 0.5) is 0 Å². The van der Waals surface area contributed by atoms with Crippen LogP contribution in [-0.2, 0) is 0 Å². The summed E-state index contributed by atoms with van der Waals surface area (Å²) in [5, 5.41) is 20.2. The predicted octanol–water partition coefficient (Wildman–Crippen LogP) is 2.82. The van der Waals surface area contributed by atoms with Crippen molar-refractivity contribution in [3.8, 4) is 0 Å². The maximum atomic E-state index is 10.0. The van der Waals surface area contributed by atoms with Crippen LogP contribution in [0, 0.1) is 6.92 Å². The lowest BCUT2D eigenvalue weighted by molar-refractivity contribution is 0.174. The van der Waals surface area contributed by atoms with Crippen LogP contribution >= 0.6 is 22.9 Å². The number of hydrogen-bond donors (Lipinski definition) is 3. The third-order valence-corrected chi connectivity index (χ3v) is 4.21. The number of aromatic amines is 1. The van der Waals surface area contributed by atoms with Gasteiger partial charge in [-0.3, -0.25) is 5.10 Å². The van der Waals surface area contributed by atoms with Crippen molar-refractivity contribution < 1.29 is 5.11 Å². The van der Waals surface area contributed by atoms with Gasteiger partial charge in [-0.15, -0.1) is 11.3 Å². The first kappa shape index (κ1) is 13.5. The van der Waals surface area contributed by atoms with Crippen LogP contribution < -0.4 is 5.32 Å². The zero-order chi connectivity index (χ0) is 13.1. The van der Waals surface area contributed by atoms with E-state index < -0.39 is 6.10 Å². The van der Waals surface area contributed by atoms with Gasteiger partial charge in [-0.25, -0.2) is 0 Å². The Kier molecular flexibility index (Phi) is 4.40. The van der Waals surface area contributed by atoms with Gasteiger partial charge in [-0.05, 0) is 26.0 Å². The van der Waals surface area contributed by atoms with E-state index in [-0.39, 0.29) is 6.04 Å². The van der Waals surface area contributed by atoms with Gasteiger partial charge in [0.25, 0.3) is 0 Å². The van der Waals surface area contributed by atoms with Crippen molar-refractivity contribution >= 4 is 22.9 Å². The van der Waals surface area contributed by atoms with Crippen LogP contribution in [0.25, 0.3) is 0 Å². The molecule has 18 heavy (non-hydrogen) atoms. The predicted molar refractivity (Wildman–Crippen MR) is 74.0 cm³/mol. The van der Waals surface area contributed by atoms with Crippen LogP contribution in [0.15, 0.2) is 18.3 Å². The Morgan fingerprint density at radius 3 is 2.89 bits per heavy atom. The number of aryl methyl sites for hydroxylation is 1. The van der Waals surface area contributed by atoms with Gasteiger partial charge in [-0.2, -0.15) is 5.10 Å². The van der Waals surface area contributed by atoms with Crippen LogP contribution in [0.3, 0.4) is 0 Å². The number of aliphatic hydroxyl groups excluding tert-OH is 1. The van der Waals surface area contributed by atoms with Gasteiger partial charge in [0.1, 0.15) is 6.10 Å². The summed E-state index contributed by atoms with van der Waals surface area (Å²) >= 11 is 7.25. The molecule has 6 heteroatoms. The largest absolute Gasteiger partial charge is 0.386 e. The van der Waals surface area contributed by atoms with Crippen molar-refractivity contribution in [2.75, 3.05) is 6.54 Å². The molecule has 0 saturated heterocycles. The standard InChI is InChI=1S/C12H16ClN3OS/c1-7(9-5-15-16-8(9)2)14-6-10(17)11-3-4-12(13)18-11/h3-5,7,10,14,17H,6H2,1-2H3,(H,15,16). The van der Waals surface area contributed by atoms with E-state index in [9.17, 15) is 5.11 Å². The molecule has 2 rings (SSSR count). The minimum Gasteiger partial charge on any atom is -0.386 e. The maximum Gasteiger partial charge on any atom is 0.101 e. The van der Waals surface area contributed by atoms with Gasteiger partial charge in [-0.1, -0.05) is 11.6 Å². The lowest BCUT2D eigenvalue weighted by atomic mass is 10.1. The summed E-state index contributed by atoms with van der Waals surface area (Å²) in [6.45, 7) is 4.52. The van der Waals surface area contributed by atoms with Gasteiger partial charge in [0.05, 0.1) is 10.5 Å². The summed E-state index contributed by atoms with van der Waals surface area (Å²) in [4.78, 5) is 0.878. The van der Waals surface area contributed by atoms with E-state index in [4.69, 9.17) is 11.6 Å². The Morgan fingerprint density at radius 1 is 1.56 bits per heavy atom. The molecule has 0 aliphatic rings. The van der Waals surface area contributed by atoms with E-state index in [1.54, 1.807) is 12.3 Å². The Labute approximate surface area is 115 Å². The van der Waals surface area contributed by atoms with Crippen LogP contribution in [0.2, 0.25) is 4.34 Å². The summed E-state index contributed by atoms with van der Waals surface area (Å²) in [6, 6.07) is 3.80. The molecular formula is C12H16ClN3OS. The smallest absolute Gasteiger partial charge is 0.101 e. The van der Waals surface area contributed by atoms with E-state index in [1.165, 1.54) is 11.3 Å². The van der Waals surface area contributed by atoms with Gasteiger partial charge in [0.2, 0.25) is 0 Å². The second-order valence-corrected chi connectivity index (χ2v) is 5.98. The monoisotopic (exact) mass is 285 g/mol. The van der Waals surface area contributed by atoms with Crippen molar-refractivity contribution in [2.45, 2.75) is 26.0 Å². The SMILES string of the molecule is Cc1[nH]ncc1C(C)NCC(O)c1ccc(Cl)s1. The van der Waals surface area contributed by atoms with Crippen LogP contribution in [0.5, 0.6) is 0 Å². The molecule has 0 aliphatic carbocycles. The van der Waals surface area contributed by atoms with Crippen LogP contribution in [0.1, 0.15) is 35.2 Å². The highest BCUT2D eigenvalue weighted by molar-refractivity contribution is 7.16. The topological polar surface area (TPSA) is 60.9 Å². The fraction of sp³-hybridized carbons (Fsp3) is 0.417. The number of nitrogens with one attached hydrogen (secondary N) is 2. The first-order chi connectivity index (χ1) is 8.58. The summed E-state index contributed by atoms with van der Waals surface area (Å²) in [7, 11) is 0. The lowest BCUT2D eigenvalue weighted by Crippen LogP contribution is -2.24. The molecule has 3 N–H and O–H groups in total. The number of nitrogens with zero attached hydrogens (tertiary/aromatic N) is 1. The summed E-state index contributed by atoms with van der Waals surface area (Å²) in [6.07, 6.45) is 1.28. The zero-order valence-corrected chi connectivity index (χ0v) is 11.8. The number of aliphatic hydroxyl groups is 1. The summed E-state index contributed by atoms with van der Waals surface area (Å²) < 4.78 is 0.697. The molecule has 0 amide bonds. The quantitative estimate of drug-likeness (QED) is 0.792. The molecule has 0 aliphatic heterocycles. The van der Waals surface area contributed by atoms with E-state index >= 15 is 0 Å². The van der Waals surface area contributed by atoms with Crippen molar-refractivity contribution in [3.63, 3.8) is 0 Å². The fourth-order valence-electron chi connectivity index (χ4n) is 1.80. The number of thiophene rings is 1. The van der Waals surface area contributed by atoms with Crippen molar-refractivity contribution in [3.05, 3.63) is 38.8 Å². The molecule has 0 saturated carbocycles. The molecule has 2 heterocycles. The number of halogens is 1. The fourth-order valence-corrected chi connectivity index (χ4v) is 2.85. The molecule has 0 spiro atoms. The molecule has 0 radical (unpaired) electrons. The van der Waals surface area contributed by atoms with E-state index in [2.05, 4.69) is 15.5 Å². The van der Waals surface area contributed by atoms with Crippen molar-refractivity contribution in [2.24, 2.45) is 0 Å². The lowest BCUT2D eigenvalue weighted by Gasteiger charge is -2.16. The number of hydrogen-bond acceptors (Lipinski definition) is 4. The van der Waals surface area contributed by atoms with Crippen LogP contribution in [-0.4, -0.2) is 21.8 Å². The highest BCUT2D eigenvalue weighted by Crippen LogP contribution is 2.27. The second kappa shape index (κ2) is 5.84. The summed E-state index contributed by atoms with van der Waals surface area (Å²) in [5.74, 6) is 0. The first-order valence-corrected chi connectivity index (χ1v) is 6.94. The van der Waals surface area contributed by atoms with Gasteiger partial charge < -0.3 is 10.4 Å². The number of aromatic nitrogens is 2. The molecule has 2 unspecified atom stereocenters. The third-order valence-electron chi connectivity index (χ3n) is 2.88. The summed E-state index contributed by atoms with van der Waals surface area (Å²) in [5.41, 5.74) is 2.16. The second-order valence-electron chi connectivity index (χ2n) is 4.24. The molecule has 2 aromatic heterocycles.